The molecule has 0 aromatic heterocycles. The average molecular weight is 187 g/mol. The van der Waals surface area contributed by atoms with Crippen LogP contribution in [0.2, 0.25) is 0 Å². The standard InChI is InChI=1S/C8H13NO4/c1-13-5-7(10)9-3-6(4-9)2-8(11)12/h6H,2-5H2,1H3,(H,11,12). The number of aliphatic carboxylic acids is 1. The Morgan fingerprint density at radius 1 is 1.54 bits per heavy atom. The Balaban J connectivity index is 2.17. The highest BCUT2D eigenvalue weighted by atomic mass is 16.5. The van der Waals surface area contributed by atoms with Gasteiger partial charge in [-0.2, -0.15) is 0 Å². The minimum absolute atomic E-state index is 0.0656. The van der Waals surface area contributed by atoms with Crippen molar-refractivity contribution < 1.29 is 19.4 Å². The summed E-state index contributed by atoms with van der Waals surface area (Å²) in [6.07, 6.45) is 0.150. The lowest BCUT2D eigenvalue weighted by Gasteiger charge is -2.38. The number of ether oxygens (including phenoxy) is 1. The van der Waals surface area contributed by atoms with Crippen molar-refractivity contribution in [1.29, 1.82) is 0 Å². The average Bonchev–Trinajstić information content (AvgIpc) is 1.95. The smallest absolute Gasteiger partial charge is 0.303 e. The van der Waals surface area contributed by atoms with Crippen LogP contribution in [0.15, 0.2) is 0 Å². The van der Waals surface area contributed by atoms with E-state index in [2.05, 4.69) is 4.74 Å². The maximum atomic E-state index is 11.1. The Morgan fingerprint density at radius 2 is 2.15 bits per heavy atom. The van der Waals surface area contributed by atoms with Crippen molar-refractivity contribution in [2.24, 2.45) is 5.92 Å². The van der Waals surface area contributed by atoms with Crippen LogP contribution in [-0.4, -0.2) is 48.7 Å². The lowest BCUT2D eigenvalue weighted by Crippen LogP contribution is -2.51. The molecule has 5 nitrogen and oxygen atoms in total. The van der Waals surface area contributed by atoms with E-state index >= 15 is 0 Å². The number of likely N-dealkylation sites (tertiary alicyclic amines) is 1. The third kappa shape index (κ3) is 2.69. The fourth-order valence-corrected chi connectivity index (χ4v) is 1.36. The SMILES string of the molecule is COCC(=O)N1CC(CC(=O)O)C1. The minimum atomic E-state index is -0.802. The van der Waals surface area contributed by atoms with Crippen LogP contribution >= 0.6 is 0 Å². The molecule has 1 N–H and O–H groups in total. The molecule has 0 spiro atoms. The number of carboxylic acids is 1. The number of amides is 1. The second-order valence-corrected chi connectivity index (χ2v) is 3.20. The largest absolute Gasteiger partial charge is 0.481 e. The summed E-state index contributed by atoms with van der Waals surface area (Å²) in [6, 6.07) is 0. The summed E-state index contributed by atoms with van der Waals surface area (Å²) >= 11 is 0. The molecule has 5 heteroatoms. The summed E-state index contributed by atoms with van der Waals surface area (Å²) in [4.78, 5) is 23.0. The van der Waals surface area contributed by atoms with Gasteiger partial charge in [-0.1, -0.05) is 0 Å². The van der Waals surface area contributed by atoms with E-state index in [4.69, 9.17) is 5.11 Å². The highest BCUT2D eigenvalue weighted by Crippen LogP contribution is 2.18. The normalized spacial score (nSPS) is 16.8. The molecule has 0 bridgehead atoms. The molecule has 1 heterocycles. The molecule has 0 saturated carbocycles. The maximum Gasteiger partial charge on any atom is 0.303 e. The fraction of sp³-hybridized carbons (Fsp3) is 0.750. The summed E-state index contributed by atoms with van der Waals surface area (Å²) in [5.74, 6) is -0.744. The molecule has 1 aliphatic rings. The predicted octanol–water partition coefficient (Wildman–Crippen LogP) is -0.434. The van der Waals surface area contributed by atoms with Crippen LogP contribution in [0.25, 0.3) is 0 Å². The summed E-state index contributed by atoms with van der Waals surface area (Å²) < 4.78 is 4.67. The third-order valence-electron chi connectivity index (χ3n) is 2.04. The van der Waals surface area contributed by atoms with Crippen molar-refractivity contribution in [3.8, 4) is 0 Å². The van der Waals surface area contributed by atoms with E-state index < -0.39 is 5.97 Å². The van der Waals surface area contributed by atoms with Gasteiger partial charge >= 0.3 is 5.97 Å². The molecule has 0 aromatic rings. The Morgan fingerprint density at radius 3 is 2.62 bits per heavy atom. The molecular weight excluding hydrogens is 174 g/mol. The van der Waals surface area contributed by atoms with Crippen molar-refractivity contribution in [2.45, 2.75) is 6.42 Å². The third-order valence-corrected chi connectivity index (χ3v) is 2.04. The van der Waals surface area contributed by atoms with Crippen LogP contribution in [0, 0.1) is 5.92 Å². The number of carbonyl (C=O) groups excluding carboxylic acids is 1. The van der Waals surface area contributed by atoms with Crippen LogP contribution in [0.5, 0.6) is 0 Å². The van der Waals surface area contributed by atoms with Gasteiger partial charge in [0.05, 0.1) is 6.42 Å². The topological polar surface area (TPSA) is 66.8 Å². The molecule has 0 atom stereocenters. The first-order valence-corrected chi connectivity index (χ1v) is 4.12. The van der Waals surface area contributed by atoms with Crippen molar-refractivity contribution >= 4 is 11.9 Å². The molecule has 1 rings (SSSR count). The predicted molar refractivity (Wildman–Crippen MR) is 44.2 cm³/mol. The lowest BCUT2D eigenvalue weighted by atomic mass is 9.96. The monoisotopic (exact) mass is 187 g/mol. The number of rotatable bonds is 4. The van der Waals surface area contributed by atoms with Crippen LogP contribution < -0.4 is 0 Å². The van der Waals surface area contributed by atoms with E-state index in [1.165, 1.54) is 7.11 Å². The molecule has 1 fully saturated rings. The molecule has 1 amide bonds. The fourth-order valence-electron chi connectivity index (χ4n) is 1.36. The molecule has 1 saturated heterocycles. The molecular formula is C8H13NO4. The van der Waals surface area contributed by atoms with E-state index in [0.717, 1.165) is 0 Å². The first-order valence-electron chi connectivity index (χ1n) is 4.12. The van der Waals surface area contributed by atoms with Gasteiger partial charge < -0.3 is 14.7 Å². The van der Waals surface area contributed by atoms with E-state index in [9.17, 15) is 9.59 Å². The van der Waals surface area contributed by atoms with Crippen LogP contribution in [-0.2, 0) is 14.3 Å². The number of carbonyl (C=O) groups is 2. The summed E-state index contributed by atoms with van der Waals surface area (Å²) in [5.41, 5.74) is 0. The van der Waals surface area contributed by atoms with Gasteiger partial charge in [0, 0.05) is 26.1 Å². The first kappa shape index (κ1) is 9.98. The number of hydrogen-bond donors (Lipinski definition) is 1. The molecule has 0 aromatic carbocycles. The summed E-state index contributed by atoms with van der Waals surface area (Å²) in [6.45, 7) is 1.18. The molecule has 0 aliphatic carbocycles. The first-order chi connectivity index (χ1) is 6.13. The summed E-state index contributed by atoms with van der Waals surface area (Å²) in [7, 11) is 1.46. The lowest BCUT2D eigenvalue weighted by molar-refractivity contribution is -0.147. The molecule has 0 unspecified atom stereocenters. The Bertz CT molecular complexity index is 210. The zero-order valence-electron chi connectivity index (χ0n) is 7.52. The highest BCUT2D eigenvalue weighted by molar-refractivity contribution is 5.78. The van der Waals surface area contributed by atoms with Gasteiger partial charge in [-0.3, -0.25) is 9.59 Å². The van der Waals surface area contributed by atoms with E-state index in [1.54, 1.807) is 4.90 Å². The van der Waals surface area contributed by atoms with Gasteiger partial charge in [0.2, 0.25) is 5.91 Å². The van der Waals surface area contributed by atoms with Gasteiger partial charge in [0.25, 0.3) is 0 Å². The zero-order chi connectivity index (χ0) is 9.84. The second-order valence-electron chi connectivity index (χ2n) is 3.20. The Hall–Kier alpha value is -1.10. The number of nitrogens with zero attached hydrogens (tertiary/aromatic N) is 1. The maximum absolute atomic E-state index is 11.1. The number of methoxy groups -OCH3 is 1. The number of hydrogen-bond acceptors (Lipinski definition) is 3. The van der Waals surface area contributed by atoms with Gasteiger partial charge in [0.1, 0.15) is 6.61 Å². The molecule has 74 valence electrons. The van der Waals surface area contributed by atoms with Gasteiger partial charge in [-0.25, -0.2) is 0 Å². The molecule has 1 aliphatic heterocycles. The van der Waals surface area contributed by atoms with E-state index in [-0.39, 0.29) is 24.9 Å². The van der Waals surface area contributed by atoms with Crippen molar-refractivity contribution in [2.75, 3.05) is 26.8 Å². The summed E-state index contributed by atoms with van der Waals surface area (Å²) in [5, 5.41) is 8.45. The Kier molecular flexibility index (Phi) is 3.25. The van der Waals surface area contributed by atoms with Crippen LogP contribution in [0.1, 0.15) is 6.42 Å². The quantitative estimate of drug-likeness (QED) is 0.648. The van der Waals surface area contributed by atoms with Crippen LogP contribution in [0.4, 0.5) is 0 Å². The van der Waals surface area contributed by atoms with Crippen LogP contribution in [0.3, 0.4) is 0 Å². The van der Waals surface area contributed by atoms with Crippen molar-refractivity contribution in [1.82, 2.24) is 4.90 Å². The molecule has 13 heavy (non-hydrogen) atoms. The highest BCUT2D eigenvalue weighted by Gasteiger charge is 2.31. The van der Waals surface area contributed by atoms with Gasteiger partial charge in [-0.05, 0) is 0 Å². The molecule has 0 radical (unpaired) electrons. The van der Waals surface area contributed by atoms with Crippen molar-refractivity contribution in [3.63, 3.8) is 0 Å². The van der Waals surface area contributed by atoms with E-state index in [1.807, 2.05) is 0 Å². The zero-order valence-corrected chi connectivity index (χ0v) is 7.52. The number of carboxylic acid groups (broad SMARTS) is 1. The second kappa shape index (κ2) is 4.23. The minimum Gasteiger partial charge on any atom is -0.481 e. The Labute approximate surface area is 76.3 Å². The van der Waals surface area contributed by atoms with Crippen molar-refractivity contribution in [3.05, 3.63) is 0 Å². The van der Waals surface area contributed by atoms with Gasteiger partial charge in [0.15, 0.2) is 0 Å². The van der Waals surface area contributed by atoms with Gasteiger partial charge in [-0.15, -0.1) is 0 Å². The van der Waals surface area contributed by atoms with E-state index in [0.29, 0.717) is 13.1 Å².